The Morgan fingerprint density at radius 2 is 2.29 bits per heavy atom. The summed E-state index contributed by atoms with van der Waals surface area (Å²) in [6, 6.07) is 2.18. The molecule has 0 amide bonds. The monoisotopic (exact) mass is 199 g/mol. The van der Waals surface area contributed by atoms with Gasteiger partial charge in [-0.2, -0.15) is 0 Å². The fourth-order valence-corrected chi connectivity index (χ4v) is 0.980. The number of aromatic hydroxyl groups is 1. The number of carbonyl (C=O) groups excluding carboxylic acids is 1. The molecule has 76 valence electrons. The van der Waals surface area contributed by atoms with Gasteiger partial charge >= 0.3 is 5.97 Å². The van der Waals surface area contributed by atoms with Gasteiger partial charge in [0, 0.05) is 0 Å². The molecule has 0 saturated heterocycles. The van der Waals surface area contributed by atoms with Crippen molar-refractivity contribution in [3.8, 4) is 5.75 Å². The summed E-state index contributed by atoms with van der Waals surface area (Å²) >= 11 is 0. The number of hydrogen-bond donors (Lipinski definition) is 2. The Morgan fingerprint density at radius 3 is 2.86 bits per heavy atom. The zero-order valence-corrected chi connectivity index (χ0v) is 7.58. The Hall–Kier alpha value is -1.78. The smallest absolute Gasteiger partial charge is 0.345 e. The quantitative estimate of drug-likeness (QED) is 0.427. The average Bonchev–Trinajstić information content (AvgIpc) is 2.13. The number of halogens is 1. The summed E-state index contributed by atoms with van der Waals surface area (Å²) in [4.78, 5) is 11.2. The molecule has 1 rings (SSSR count). The van der Waals surface area contributed by atoms with Crippen LogP contribution in [0.2, 0.25) is 0 Å². The maximum Gasteiger partial charge on any atom is 0.345 e. The number of nitrogen functional groups attached to an aromatic ring is 1. The number of ether oxygens (including phenoxy) is 1. The van der Waals surface area contributed by atoms with Crippen molar-refractivity contribution >= 4 is 11.7 Å². The Morgan fingerprint density at radius 1 is 1.64 bits per heavy atom. The van der Waals surface area contributed by atoms with Crippen molar-refractivity contribution in [1.29, 1.82) is 0 Å². The Kier molecular flexibility index (Phi) is 2.91. The van der Waals surface area contributed by atoms with Gasteiger partial charge < -0.3 is 15.6 Å². The second kappa shape index (κ2) is 3.95. The Bertz CT molecular complexity index is 365. The van der Waals surface area contributed by atoms with Crippen LogP contribution >= 0.6 is 0 Å². The van der Waals surface area contributed by atoms with Crippen molar-refractivity contribution in [2.75, 3.05) is 12.3 Å². The van der Waals surface area contributed by atoms with Gasteiger partial charge in [0.05, 0.1) is 12.3 Å². The number of esters is 1. The highest BCUT2D eigenvalue weighted by Crippen LogP contribution is 2.27. The molecule has 3 N–H and O–H groups in total. The third-order valence-corrected chi connectivity index (χ3v) is 1.64. The van der Waals surface area contributed by atoms with Gasteiger partial charge in [0.2, 0.25) is 0 Å². The predicted octanol–water partition coefficient (Wildman–Crippen LogP) is 1.29. The number of phenols is 1. The molecule has 0 fully saturated rings. The molecule has 0 aromatic heterocycles. The Labute approximate surface area is 80.1 Å². The molecule has 1 aromatic rings. The average molecular weight is 199 g/mol. The van der Waals surface area contributed by atoms with Gasteiger partial charge in [-0.1, -0.05) is 0 Å². The molecule has 0 atom stereocenters. The van der Waals surface area contributed by atoms with Crippen LogP contribution in [-0.2, 0) is 4.74 Å². The van der Waals surface area contributed by atoms with Crippen molar-refractivity contribution in [2.45, 2.75) is 6.92 Å². The second-order valence-electron chi connectivity index (χ2n) is 2.58. The number of anilines is 1. The van der Waals surface area contributed by atoms with Crippen LogP contribution in [0, 0.1) is 5.82 Å². The first-order chi connectivity index (χ1) is 6.57. The number of nitrogens with two attached hydrogens (primary N) is 1. The molecule has 4 nitrogen and oxygen atoms in total. The minimum Gasteiger partial charge on any atom is -0.505 e. The van der Waals surface area contributed by atoms with Crippen LogP contribution in [0.1, 0.15) is 17.3 Å². The van der Waals surface area contributed by atoms with Gasteiger partial charge in [0.1, 0.15) is 11.4 Å². The molecule has 0 aliphatic heterocycles. The summed E-state index contributed by atoms with van der Waals surface area (Å²) in [5.41, 5.74) is 4.72. The van der Waals surface area contributed by atoms with E-state index in [2.05, 4.69) is 4.74 Å². The highest BCUT2D eigenvalue weighted by atomic mass is 19.1. The van der Waals surface area contributed by atoms with E-state index >= 15 is 0 Å². The van der Waals surface area contributed by atoms with E-state index < -0.39 is 23.1 Å². The largest absolute Gasteiger partial charge is 0.505 e. The minimum absolute atomic E-state index is 0.0607. The number of benzene rings is 1. The summed E-state index contributed by atoms with van der Waals surface area (Å²) in [6.07, 6.45) is 0. The third-order valence-electron chi connectivity index (χ3n) is 1.64. The maximum absolute atomic E-state index is 13.1. The minimum atomic E-state index is -0.921. The molecule has 0 unspecified atom stereocenters. The number of hydrogen-bond acceptors (Lipinski definition) is 4. The zero-order chi connectivity index (χ0) is 10.7. The van der Waals surface area contributed by atoms with Crippen LogP contribution < -0.4 is 5.73 Å². The van der Waals surface area contributed by atoms with E-state index in [1.807, 2.05) is 0 Å². The number of rotatable bonds is 2. The lowest BCUT2D eigenvalue weighted by Gasteiger charge is -2.06. The molecule has 0 spiro atoms. The van der Waals surface area contributed by atoms with E-state index in [1.54, 1.807) is 6.92 Å². The normalized spacial score (nSPS) is 9.86. The molecule has 1 aromatic carbocycles. The second-order valence-corrected chi connectivity index (χ2v) is 2.58. The van der Waals surface area contributed by atoms with E-state index in [1.165, 1.54) is 6.07 Å². The van der Waals surface area contributed by atoms with Crippen molar-refractivity contribution in [3.63, 3.8) is 0 Å². The van der Waals surface area contributed by atoms with Crippen molar-refractivity contribution in [2.24, 2.45) is 0 Å². The third kappa shape index (κ3) is 1.76. The first-order valence-electron chi connectivity index (χ1n) is 4.02. The summed E-state index contributed by atoms with van der Waals surface area (Å²) in [5, 5.41) is 9.31. The number of carbonyl (C=O) groups is 1. The summed E-state index contributed by atoms with van der Waals surface area (Å²) < 4.78 is 17.6. The first kappa shape index (κ1) is 10.3. The fraction of sp³-hybridized carbons (Fsp3) is 0.222. The molecule has 5 heteroatoms. The topological polar surface area (TPSA) is 72.5 Å². The van der Waals surface area contributed by atoms with Crippen molar-refractivity contribution in [1.82, 2.24) is 0 Å². The zero-order valence-electron chi connectivity index (χ0n) is 7.58. The van der Waals surface area contributed by atoms with Gasteiger partial charge in [-0.05, 0) is 19.1 Å². The van der Waals surface area contributed by atoms with E-state index in [0.717, 1.165) is 6.07 Å². The van der Waals surface area contributed by atoms with Crippen LogP contribution in [0.25, 0.3) is 0 Å². The molecule has 0 bridgehead atoms. The van der Waals surface area contributed by atoms with Gasteiger partial charge in [-0.25, -0.2) is 9.18 Å². The molecule has 0 heterocycles. The van der Waals surface area contributed by atoms with Gasteiger partial charge in [-0.3, -0.25) is 0 Å². The van der Waals surface area contributed by atoms with E-state index in [4.69, 9.17) is 5.73 Å². The predicted molar refractivity (Wildman–Crippen MR) is 48.4 cm³/mol. The highest BCUT2D eigenvalue weighted by molar-refractivity contribution is 5.94. The Balaban J connectivity index is 3.18. The molecule has 0 radical (unpaired) electrons. The molecule has 0 aliphatic carbocycles. The SMILES string of the molecule is CCOC(=O)c1c(F)ccc(N)c1O. The lowest BCUT2D eigenvalue weighted by atomic mass is 10.1. The van der Waals surface area contributed by atoms with Crippen LogP contribution in [0.15, 0.2) is 12.1 Å². The van der Waals surface area contributed by atoms with Crippen LogP contribution in [0.5, 0.6) is 5.75 Å². The van der Waals surface area contributed by atoms with E-state index in [0.29, 0.717) is 0 Å². The fourth-order valence-electron chi connectivity index (χ4n) is 0.980. The summed E-state index contributed by atoms with van der Waals surface area (Å²) in [7, 11) is 0. The molecule has 14 heavy (non-hydrogen) atoms. The van der Waals surface area contributed by atoms with Crippen molar-refractivity contribution < 1.29 is 19.0 Å². The van der Waals surface area contributed by atoms with Crippen LogP contribution in [-0.4, -0.2) is 17.7 Å². The lowest BCUT2D eigenvalue weighted by molar-refractivity contribution is 0.0517. The highest BCUT2D eigenvalue weighted by Gasteiger charge is 2.19. The summed E-state index contributed by atoms with van der Waals surface area (Å²) in [5.74, 6) is -2.35. The molecular formula is C9H10FNO3. The standard InChI is InChI=1S/C9H10FNO3/c1-2-14-9(13)7-5(10)3-4-6(11)8(7)12/h3-4,12H,2,11H2,1H3. The number of phenolic OH excluding ortho intramolecular Hbond substituents is 1. The first-order valence-corrected chi connectivity index (χ1v) is 4.02. The van der Waals surface area contributed by atoms with Crippen molar-refractivity contribution in [3.05, 3.63) is 23.5 Å². The molecule has 0 aliphatic rings. The van der Waals surface area contributed by atoms with Crippen LogP contribution in [0.3, 0.4) is 0 Å². The summed E-state index contributed by atoms with van der Waals surface area (Å²) in [6.45, 7) is 1.69. The van der Waals surface area contributed by atoms with E-state index in [-0.39, 0.29) is 12.3 Å². The van der Waals surface area contributed by atoms with Crippen LogP contribution in [0.4, 0.5) is 10.1 Å². The van der Waals surface area contributed by atoms with Gasteiger partial charge in [0.25, 0.3) is 0 Å². The molecule has 0 saturated carbocycles. The van der Waals surface area contributed by atoms with Gasteiger partial charge in [0.15, 0.2) is 5.75 Å². The molecular weight excluding hydrogens is 189 g/mol. The van der Waals surface area contributed by atoms with Gasteiger partial charge in [-0.15, -0.1) is 0 Å². The lowest BCUT2D eigenvalue weighted by Crippen LogP contribution is -2.08. The maximum atomic E-state index is 13.1. The van der Waals surface area contributed by atoms with E-state index in [9.17, 15) is 14.3 Å².